The number of alkyl halides is 3. The van der Waals surface area contributed by atoms with Crippen LogP contribution >= 0.6 is 0 Å². The van der Waals surface area contributed by atoms with Crippen LogP contribution in [0.3, 0.4) is 0 Å². The van der Waals surface area contributed by atoms with Crippen molar-refractivity contribution in [1.29, 1.82) is 0 Å². The molecule has 5 nitrogen and oxygen atoms in total. The van der Waals surface area contributed by atoms with E-state index in [1.807, 2.05) is 0 Å². The lowest BCUT2D eigenvalue weighted by Gasteiger charge is -2.16. The molecule has 2 atom stereocenters. The summed E-state index contributed by atoms with van der Waals surface area (Å²) in [7, 11) is -5.71. The van der Waals surface area contributed by atoms with Crippen LogP contribution < -0.4 is 4.72 Å². The molecular weight excluding hydrogens is 263 g/mol. The van der Waals surface area contributed by atoms with Crippen LogP contribution in [0.1, 0.15) is 13.8 Å². The Labute approximate surface area is 95.4 Å². The number of carbonyl (C=O) groups excluding carboxylic acids is 2. The van der Waals surface area contributed by atoms with E-state index in [-0.39, 0.29) is 0 Å². The van der Waals surface area contributed by atoms with Gasteiger partial charge in [0.1, 0.15) is 5.54 Å². The van der Waals surface area contributed by atoms with Crippen molar-refractivity contribution in [2.24, 2.45) is 11.3 Å². The Balaban J connectivity index is 3.12. The summed E-state index contributed by atoms with van der Waals surface area (Å²) in [5.41, 5.74) is -9.03. The summed E-state index contributed by atoms with van der Waals surface area (Å²) in [4.78, 5) is 21.2. The standard InChI is InChI=1S/C8H8F3NO4S/c1-6(2)5(3-13)7(6,4-14)12-17(15,16)8(9,10)11/h5,12H,1-2H3. The minimum Gasteiger partial charge on any atom is -0.290 e. The highest BCUT2D eigenvalue weighted by Gasteiger charge is 2.76. The monoisotopic (exact) mass is 271 g/mol. The van der Waals surface area contributed by atoms with Gasteiger partial charge in [-0.15, -0.1) is 0 Å². The number of sulfonamides is 1. The third-order valence-electron chi connectivity index (χ3n) is 2.97. The second-order valence-corrected chi connectivity index (χ2v) is 5.91. The first-order valence-electron chi connectivity index (χ1n) is 4.33. The molecule has 0 aromatic rings. The highest BCUT2D eigenvalue weighted by Crippen LogP contribution is 2.60. The van der Waals surface area contributed by atoms with Crippen molar-refractivity contribution >= 4 is 22.6 Å². The van der Waals surface area contributed by atoms with Gasteiger partial charge in [-0.1, -0.05) is 13.8 Å². The van der Waals surface area contributed by atoms with Gasteiger partial charge in [-0.25, -0.2) is 8.42 Å². The van der Waals surface area contributed by atoms with E-state index >= 15 is 0 Å². The summed E-state index contributed by atoms with van der Waals surface area (Å²) in [5.74, 6) is -1.29. The van der Waals surface area contributed by atoms with Crippen LogP contribution in [-0.4, -0.2) is 32.0 Å². The minimum atomic E-state index is -5.71. The smallest absolute Gasteiger partial charge is 0.290 e. The van der Waals surface area contributed by atoms with E-state index in [1.165, 1.54) is 31.1 Å². The summed E-state index contributed by atoms with van der Waals surface area (Å²) in [5, 5.41) is 0. The summed E-state index contributed by atoms with van der Waals surface area (Å²) >= 11 is 0. The first-order valence-corrected chi connectivity index (χ1v) is 5.82. The predicted octanol–water partition coefficient (Wildman–Crippen LogP) is 0.0398. The molecule has 1 aliphatic carbocycles. The number of nitrogens with one attached hydrogen (secondary N) is 1. The predicted molar refractivity (Wildman–Crippen MR) is 49.5 cm³/mol. The first kappa shape index (κ1) is 14.1. The summed E-state index contributed by atoms with van der Waals surface area (Å²) in [6, 6.07) is 0. The SMILES string of the molecule is CC1(C)C([C]=O)C1([C]=O)NS(=O)(=O)C(F)(F)F. The number of hydrogen-bond donors (Lipinski definition) is 1. The van der Waals surface area contributed by atoms with Gasteiger partial charge < -0.3 is 0 Å². The molecule has 1 aliphatic rings. The van der Waals surface area contributed by atoms with E-state index in [0.29, 0.717) is 0 Å². The van der Waals surface area contributed by atoms with Crippen molar-refractivity contribution in [2.45, 2.75) is 24.9 Å². The maximum absolute atomic E-state index is 12.1. The van der Waals surface area contributed by atoms with Crippen molar-refractivity contribution in [2.75, 3.05) is 0 Å². The minimum absolute atomic E-state index is 1.17. The van der Waals surface area contributed by atoms with E-state index in [9.17, 15) is 31.2 Å². The lowest BCUT2D eigenvalue weighted by atomic mass is 10.1. The molecule has 1 fully saturated rings. The fourth-order valence-corrected chi connectivity index (χ4v) is 2.63. The fraction of sp³-hybridized carbons (Fsp3) is 0.750. The van der Waals surface area contributed by atoms with Gasteiger partial charge in [-0.3, -0.25) is 9.59 Å². The number of hydrogen-bond acceptors (Lipinski definition) is 4. The molecule has 0 heterocycles. The highest BCUT2D eigenvalue weighted by atomic mass is 32.2. The van der Waals surface area contributed by atoms with Crippen LogP contribution in [-0.2, 0) is 19.6 Å². The van der Waals surface area contributed by atoms with Gasteiger partial charge in [-0.05, 0) is 0 Å². The van der Waals surface area contributed by atoms with Crippen molar-refractivity contribution < 1.29 is 31.2 Å². The zero-order valence-electron chi connectivity index (χ0n) is 8.75. The lowest BCUT2D eigenvalue weighted by Crippen LogP contribution is -2.48. The molecule has 2 radical (unpaired) electrons. The van der Waals surface area contributed by atoms with Gasteiger partial charge >= 0.3 is 15.5 Å². The second-order valence-electron chi connectivity index (χ2n) is 4.23. The van der Waals surface area contributed by atoms with Crippen LogP contribution in [0, 0.1) is 11.3 Å². The molecule has 0 aliphatic heterocycles. The normalized spacial score (nSPS) is 31.9. The Kier molecular flexibility index (Phi) is 2.92. The van der Waals surface area contributed by atoms with Gasteiger partial charge in [0.05, 0.1) is 5.92 Å². The zero-order valence-corrected chi connectivity index (χ0v) is 9.57. The van der Waals surface area contributed by atoms with E-state index in [0.717, 1.165) is 0 Å². The van der Waals surface area contributed by atoms with Crippen LogP contribution in [0.25, 0.3) is 0 Å². The fourth-order valence-electron chi connectivity index (χ4n) is 1.67. The Morgan fingerprint density at radius 2 is 1.71 bits per heavy atom. The van der Waals surface area contributed by atoms with E-state index in [1.54, 1.807) is 0 Å². The van der Waals surface area contributed by atoms with E-state index in [2.05, 4.69) is 0 Å². The molecule has 1 N–H and O–H groups in total. The zero-order chi connectivity index (χ0) is 13.7. The summed E-state index contributed by atoms with van der Waals surface area (Å²) < 4.78 is 59.3. The highest BCUT2D eigenvalue weighted by molar-refractivity contribution is 7.90. The topological polar surface area (TPSA) is 80.3 Å². The average molecular weight is 271 g/mol. The molecular formula is C8H8F3NO4S. The Morgan fingerprint density at radius 1 is 1.24 bits per heavy atom. The van der Waals surface area contributed by atoms with Crippen LogP contribution in [0.4, 0.5) is 13.2 Å². The molecule has 96 valence electrons. The maximum atomic E-state index is 12.1. The molecule has 1 saturated carbocycles. The van der Waals surface area contributed by atoms with Gasteiger partial charge in [-0.2, -0.15) is 17.9 Å². The van der Waals surface area contributed by atoms with Crippen LogP contribution in [0.2, 0.25) is 0 Å². The molecule has 0 amide bonds. The Morgan fingerprint density at radius 3 is 1.94 bits per heavy atom. The summed E-state index contributed by atoms with van der Waals surface area (Å²) in [6.45, 7) is 2.54. The van der Waals surface area contributed by atoms with Gasteiger partial charge in [0.25, 0.3) is 0 Å². The lowest BCUT2D eigenvalue weighted by molar-refractivity contribution is -0.0451. The van der Waals surface area contributed by atoms with Crippen molar-refractivity contribution in [3.8, 4) is 0 Å². The molecule has 2 unspecified atom stereocenters. The van der Waals surface area contributed by atoms with Gasteiger partial charge in [0.15, 0.2) is 0 Å². The second kappa shape index (κ2) is 3.52. The van der Waals surface area contributed by atoms with E-state index in [4.69, 9.17) is 0 Å². The summed E-state index contributed by atoms with van der Waals surface area (Å²) in [6.07, 6.45) is 2.51. The third kappa shape index (κ3) is 1.77. The van der Waals surface area contributed by atoms with Gasteiger partial charge in [0.2, 0.25) is 12.6 Å². The molecule has 0 aromatic carbocycles. The third-order valence-corrected chi connectivity index (χ3v) is 4.17. The molecule has 0 aromatic heterocycles. The van der Waals surface area contributed by atoms with Crippen molar-refractivity contribution in [3.63, 3.8) is 0 Å². The average Bonchev–Trinajstić information content (AvgIpc) is 2.59. The first-order chi connectivity index (χ1) is 7.46. The van der Waals surface area contributed by atoms with Gasteiger partial charge in [0, 0.05) is 5.41 Å². The molecule has 0 bridgehead atoms. The molecule has 0 spiro atoms. The molecule has 9 heteroatoms. The number of rotatable bonds is 4. The molecule has 1 rings (SSSR count). The van der Waals surface area contributed by atoms with Crippen LogP contribution in [0.5, 0.6) is 0 Å². The Bertz CT molecular complexity index is 456. The van der Waals surface area contributed by atoms with Crippen molar-refractivity contribution in [1.82, 2.24) is 4.72 Å². The molecule has 0 saturated heterocycles. The van der Waals surface area contributed by atoms with Crippen LogP contribution in [0.15, 0.2) is 0 Å². The van der Waals surface area contributed by atoms with E-state index < -0.39 is 32.4 Å². The largest absolute Gasteiger partial charge is 0.511 e. The van der Waals surface area contributed by atoms with Crippen molar-refractivity contribution in [3.05, 3.63) is 0 Å². The molecule has 17 heavy (non-hydrogen) atoms. The quantitative estimate of drug-likeness (QED) is 0.782. The maximum Gasteiger partial charge on any atom is 0.511 e. The number of halogens is 3. The Hall–Kier alpha value is -0.960.